The Morgan fingerprint density at radius 3 is 3.00 bits per heavy atom. The summed E-state index contributed by atoms with van der Waals surface area (Å²) < 4.78 is 0. The summed E-state index contributed by atoms with van der Waals surface area (Å²) in [4.78, 5) is 16.4. The number of hydrogen-bond donors (Lipinski definition) is 1. The van der Waals surface area contributed by atoms with Gasteiger partial charge in [0.25, 0.3) is 0 Å². The molecule has 1 aliphatic carbocycles. The Labute approximate surface area is 70.2 Å². The molecule has 0 spiro atoms. The first-order valence-electron chi connectivity index (χ1n) is 3.98. The number of hydrogen-bond acceptors (Lipinski definition) is 4. The van der Waals surface area contributed by atoms with Crippen LogP contribution in [0, 0.1) is 5.92 Å². The molecule has 0 bridgehead atoms. The van der Waals surface area contributed by atoms with Gasteiger partial charge in [0.2, 0.25) is 0 Å². The third-order valence-corrected chi connectivity index (χ3v) is 2.56. The quantitative estimate of drug-likeness (QED) is 0.559. The number of carbonyl (C=O) groups is 1. The average Bonchev–Trinajstić information content (AvgIpc) is 2.38. The monoisotopic (exact) mass is 169 g/mol. The topological polar surface area (TPSA) is 58.9 Å². The summed E-state index contributed by atoms with van der Waals surface area (Å²) in [6.45, 7) is 3.37. The van der Waals surface area contributed by atoms with Gasteiger partial charge in [-0.3, -0.25) is 4.79 Å². The second kappa shape index (κ2) is 2.07. The van der Waals surface area contributed by atoms with Crippen LogP contribution in [-0.4, -0.2) is 28.3 Å². The third kappa shape index (κ3) is 0.813. The zero-order chi connectivity index (χ0) is 8.93. The minimum Gasteiger partial charge on any atom is -0.388 e. The van der Waals surface area contributed by atoms with Crippen LogP contribution in [0.25, 0.3) is 0 Å². The Kier molecular flexibility index (Phi) is 1.33. The number of nitrogens with zero attached hydrogens (tertiary/aromatic N) is 1. The van der Waals surface area contributed by atoms with Crippen molar-refractivity contribution in [3.8, 4) is 0 Å². The van der Waals surface area contributed by atoms with Crippen LogP contribution < -0.4 is 0 Å². The van der Waals surface area contributed by atoms with Gasteiger partial charge in [-0.1, -0.05) is 5.16 Å². The lowest BCUT2D eigenvalue weighted by molar-refractivity contribution is -0.120. The van der Waals surface area contributed by atoms with Crippen molar-refractivity contribution in [1.82, 2.24) is 0 Å². The van der Waals surface area contributed by atoms with Crippen molar-refractivity contribution in [3.05, 3.63) is 0 Å². The van der Waals surface area contributed by atoms with E-state index < -0.39 is 11.7 Å². The summed E-state index contributed by atoms with van der Waals surface area (Å²) in [6, 6.07) is 0. The first-order chi connectivity index (χ1) is 5.52. The Balaban J connectivity index is 2.34. The molecular formula is C8H11NO3. The molecule has 4 nitrogen and oxygen atoms in total. The summed E-state index contributed by atoms with van der Waals surface area (Å²) in [5.41, 5.74) is -0.356. The Morgan fingerprint density at radius 2 is 2.42 bits per heavy atom. The Hall–Kier alpha value is -0.900. The number of ketones is 1. The predicted octanol–water partition coefficient (Wildman–Crippen LogP) is 0.101. The zero-order valence-corrected chi connectivity index (χ0v) is 7.07. The molecule has 2 rings (SSSR count). The molecule has 1 saturated carbocycles. The predicted molar refractivity (Wildman–Crippen MR) is 41.7 cm³/mol. The number of aliphatic hydroxyl groups is 1. The molecule has 1 N–H and O–H groups in total. The highest BCUT2D eigenvalue weighted by molar-refractivity contribution is 6.07. The van der Waals surface area contributed by atoms with Crippen LogP contribution in [0.4, 0.5) is 0 Å². The summed E-state index contributed by atoms with van der Waals surface area (Å²) in [5, 5.41) is 13.4. The van der Waals surface area contributed by atoms with E-state index in [1.807, 2.05) is 0 Å². The minimum absolute atomic E-state index is 0.0313. The summed E-state index contributed by atoms with van der Waals surface area (Å²) >= 11 is 0. The van der Waals surface area contributed by atoms with Crippen LogP contribution in [0.5, 0.6) is 0 Å². The fourth-order valence-corrected chi connectivity index (χ4v) is 1.91. The van der Waals surface area contributed by atoms with Gasteiger partial charge in [0.15, 0.2) is 6.10 Å². The van der Waals surface area contributed by atoms with Crippen molar-refractivity contribution in [2.24, 2.45) is 11.1 Å². The van der Waals surface area contributed by atoms with E-state index in [0.717, 1.165) is 0 Å². The Bertz CT molecular complexity index is 269. The van der Waals surface area contributed by atoms with Crippen molar-refractivity contribution in [2.75, 3.05) is 0 Å². The first kappa shape index (κ1) is 7.73. The third-order valence-electron chi connectivity index (χ3n) is 2.56. The molecule has 0 aromatic rings. The van der Waals surface area contributed by atoms with Gasteiger partial charge in [0.1, 0.15) is 17.3 Å². The zero-order valence-electron chi connectivity index (χ0n) is 7.07. The molecule has 1 heterocycles. The lowest BCUT2D eigenvalue weighted by atomic mass is 9.96. The second-order valence-corrected chi connectivity index (χ2v) is 3.74. The molecule has 3 atom stereocenters. The maximum atomic E-state index is 11.4. The molecule has 1 aliphatic heterocycles. The largest absolute Gasteiger partial charge is 0.388 e. The maximum Gasteiger partial charge on any atom is 0.171 e. The minimum atomic E-state index is -1.04. The second-order valence-electron chi connectivity index (χ2n) is 3.74. The van der Waals surface area contributed by atoms with Gasteiger partial charge in [-0.25, -0.2) is 0 Å². The highest BCUT2D eigenvalue weighted by Crippen LogP contribution is 2.38. The number of rotatable bonds is 0. The summed E-state index contributed by atoms with van der Waals surface area (Å²) in [6.07, 6.45) is -0.278. The molecule has 0 unspecified atom stereocenters. The lowest BCUT2D eigenvalue weighted by Crippen LogP contribution is -2.37. The molecule has 12 heavy (non-hydrogen) atoms. The molecule has 0 amide bonds. The van der Waals surface area contributed by atoms with Crippen LogP contribution >= 0.6 is 0 Å². The molecule has 1 fully saturated rings. The van der Waals surface area contributed by atoms with Gasteiger partial charge in [-0.2, -0.15) is 0 Å². The van der Waals surface area contributed by atoms with E-state index in [1.54, 1.807) is 13.8 Å². The molecule has 0 aromatic carbocycles. The van der Waals surface area contributed by atoms with E-state index in [1.165, 1.54) is 0 Å². The normalized spacial score (nSPS) is 45.6. The molecule has 0 radical (unpaired) electrons. The number of oxime groups is 1. The number of Topliss-reactive ketones (excluding diaryl/α,β-unsaturated/α-hetero) is 1. The molecule has 0 aromatic heterocycles. The average molecular weight is 169 g/mol. The van der Waals surface area contributed by atoms with Crippen molar-refractivity contribution in [1.29, 1.82) is 0 Å². The van der Waals surface area contributed by atoms with Crippen molar-refractivity contribution in [3.63, 3.8) is 0 Å². The van der Waals surface area contributed by atoms with E-state index in [9.17, 15) is 9.90 Å². The van der Waals surface area contributed by atoms with Crippen LogP contribution in [-0.2, 0) is 9.63 Å². The molecule has 4 heteroatoms. The van der Waals surface area contributed by atoms with Crippen LogP contribution in [0.3, 0.4) is 0 Å². The number of fused-ring (bicyclic) bond motifs is 1. The molecule has 0 saturated heterocycles. The molecular weight excluding hydrogens is 158 g/mol. The van der Waals surface area contributed by atoms with Crippen molar-refractivity contribution < 1.29 is 14.7 Å². The fraction of sp³-hybridized carbons (Fsp3) is 0.750. The van der Waals surface area contributed by atoms with E-state index in [2.05, 4.69) is 5.16 Å². The van der Waals surface area contributed by atoms with E-state index in [0.29, 0.717) is 5.71 Å². The van der Waals surface area contributed by atoms with Gasteiger partial charge >= 0.3 is 0 Å². The number of carbonyl (C=O) groups excluding carboxylic acids is 1. The molecule has 2 aliphatic rings. The maximum absolute atomic E-state index is 11.4. The standard InChI is InChI=1S/C8H11NO3/c1-4-6-5(10)3-8(2,11)7(6)12-9-4/h6-7,11H,3H2,1-2H3/t6-,7-,8+/m0/s1. The van der Waals surface area contributed by atoms with Gasteiger partial charge in [-0.05, 0) is 13.8 Å². The summed E-state index contributed by atoms with van der Waals surface area (Å²) in [7, 11) is 0. The van der Waals surface area contributed by atoms with Gasteiger partial charge in [0, 0.05) is 6.42 Å². The van der Waals surface area contributed by atoms with Crippen molar-refractivity contribution in [2.45, 2.75) is 32.0 Å². The lowest BCUT2D eigenvalue weighted by Gasteiger charge is -2.20. The van der Waals surface area contributed by atoms with Crippen LogP contribution in [0.1, 0.15) is 20.3 Å². The Morgan fingerprint density at radius 1 is 1.75 bits per heavy atom. The fourth-order valence-electron chi connectivity index (χ4n) is 1.91. The van der Waals surface area contributed by atoms with Crippen LogP contribution in [0.2, 0.25) is 0 Å². The van der Waals surface area contributed by atoms with Crippen LogP contribution in [0.15, 0.2) is 5.16 Å². The molecule has 66 valence electrons. The van der Waals surface area contributed by atoms with Gasteiger partial charge in [0.05, 0.1) is 5.71 Å². The first-order valence-corrected chi connectivity index (χ1v) is 3.98. The summed E-state index contributed by atoms with van der Waals surface area (Å²) in [5.74, 6) is -0.274. The van der Waals surface area contributed by atoms with E-state index in [-0.39, 0.29) is 18.1 Å². The SMILES string of the molecule is CC1=NO[C@H]2[C@@H]1C(=O)C[C@@]2(C)O. The van der Waals surface area contributed by atoms with Gasteiger partial charge in [-0.15, -0.1) is 0 Å². The van der Waals surface area contributed by atoms with Gasteiger partial charge < -0.3 is 9.94 Å². The highest BCUT2D eigenvalue weighted by Gasteiger charge is 2.55. The van der Waals surface area contributed by atoms with Crippen molar-refractivity contribution >= 4 is 11.5 Å². The van der Waals surface area contributed by atoms with E-state index >= 15 is 0 Å². The van der Waals surface area contributed by atoms with E-state index in [4.69, 9.17) is 4.84 Å². The highest BCUT2D eigenvalue weighted by atomic mass is 16.7. The smallest absolute Gasteiger partial charge is 0.171 e.